The third-order valence-corrected chi connectivity index (χ3v) is 3.89. The van der Waals surface area contributed by atoms with Crippen molar-refractivity contribution >= 4 is 28.9 Å². The third kappa shape index (κ3) is 5.07. The van der Waals surface area contributed by atoms with Crippen LogP contribution in [0.1, 0.15) is 36.8 Å². The van der Waals surface area contributed by atoms with Crippen LogP contribution in [-0.2, 0) is 0 Å². The predicted molar refractivity (Wildman–Crippen MR) is 112 cm³/mol. The van der Waals surface area contributed by atoms with E-state index in [9.17, 15) is 4.79 Å². The fourth-order valence-corrected chi connectivity index (χ4v) is 2.70. The van der Waals surface area contributed by atoms with Gasteiger partial charge >= 0.3 is 0 Å². The van der Waals surface area contributed by atoms with Crippen LogP contribution >= 0.6 is 0 Å². The minimum Gasteiger partial charge on any atom is -0.489 e. The topological polar surface area (TPSA) is 76.1 Å². The zero-order chi connectivity index (χ0) is 20.1. The molecule has 0 fully saturated rings. The molecule has 3 rings (SSSR count). The molecule has 3 aromatic rings. The number of anilines is 4. The summed E-state index contributed by atoms with van der Waals surface area (Å²) in [5.74, 6) is 1.87. The first-order valence-corrected chi connectivity index (χ1v) is 9.17. The van der Waals surface area contributed by atoms with E-state index in [1.807, 2.05) is 63.2 Å². The van der Waals surface area contributed by atoms with Gasteiger partial charge in [0.05, 0.1) is 11.8 Å². The molecule has 28 heavy (non-hydrogen) atoms. The Labute approximate surface area is 165 Å². The van der Waals surface area contributed by atoms with E-state index >= 15 is 0 Å². The van der Waals surface area contributed by atoms with Crippen molar-refractivity contribution in [3.05, 3.63) is 65.9 Å². The maximum atomic E-state index is 11.6. The Morgan fingerprint density at radius 3 is 2.54 bits per heavy atom. The minimum absolute atomic E-state index is 0.0120. The second kappa shape index (κ2) is 8.52. The summed E-state index contributed by atoms with van der Waals surface area (Å²) in [6.07, 6.45) is 0.0702. The van der Waals surface area contributed by atoms with E-state index in [0.717, 1.165) is 22.8 Å². The van der Waals surface area contributed by atoms with Crippen molar-refractivity contribution < 1.29 is 9.53 Å². The van der Waals surface area contributed by atoms with Crippen molar-refractivity contribution in [3.8, 4) is 5.75 Å². The van der Waals surface area contributed by atoms with Crippen LogP contribution in [0.15, 0.2) is 54.6 Å². The van der Waals surface area contributed by atoms with Gasteiger partial charge in [-0.15, -0.1) is 0 Å². The van der Waals surface area contributed by atoms with Crippen molar-refractivity contribution in [2.75, 3.05) is 10.6 Å². The molecule has 2 N–H and O–H groups in total. The molecule has 144 valence electrons. The molecule has 0 bridgehead atoms. The standard InChI is InChI=1S/C22H24N4O2/c1-14(2)28-20-11-6-5-10-19(20)25-21-12-15(3)23-22(26-21)24-18-9-7-8-17(13-18)16(4)27/h5-14H,1-4H3,(H2,23,24,25,26). The minimum atomic E-state index is 0.0120. The summed E-state index contributed by atoms with van der Waals surface area (Å²) in [6, 6.07) is 16.9. The normalized spacial score (nSPS) is 10.6. The van der Waals surface area contributed by atoms with Gasteiger partial charge in [0.25, 0.3) is 0 Å². The average Bonchev–Trinajstić information content (AvgIpc) is 2.62. The van der Waals surface area contributed by atoms with Gasteiger partial charge in [0.15, 0.2) is 5.78 Å². The zero-order valence-electron chi connectivity index (χ0n) is 16.5. The Bertz CT molecular complexity index is 986. The van der Waals surface area contributed by atoms with Gasteiger partial charge < -0.3 is 15.4 Å². The first kappa shape index (κ1) is 19.4. The number of aryl methyl sites for hydroxylation is 1. The SMILES string of the molecule is CC(=O)c1cccc(Nc2nc(C)cc(Nc3ccccc3OC(C)C)n2)c1. The summed E-state index contributed by atoms with van der Waals surface area (Å²) < 4.78 is 5.86. The van der Waals surface area contributed by atoms with Gasteiger partial charge in [-0.1, -0.05) is 24.3 Å². The number of Topliss-reactive ketones (excluding diaryl/α,β-unsaturated/α-hetero) is 1. The summed E-state index contributed by atoms with van der Waals surface area (Å²) in [5, 5.41) is 6.47. The molecule has 0 aliphatic heterocycles. The van der Waals surface area contributed by atoms with Crippen molar-refractivity contribution in [3.63, 3.8) is 0 Å². The lowest BCUT2D eigenvalue weighted by Crippen LogP contribution is -2.08. The third-order valence-electron chi connectivity index (χ3n) is 3.89. The summed E-state index contributed by atoms with van der Waals surface area (Å²) >= 11 is 0. The lowest BCUT2D eigenvalue weighted by atomic mass is 10.1. The lowest BCUT2D eigenvalue weighted by Gasteiger charge is -2.16. The van der Waals surface area contributed by atoms with Gasteiger partial charge in [-0.3, -0.25) is 4.79 Å². The van der Waals surface area contributed by atoms with Crippen LogP contribution in [0, 0.1) is 6.92 Å². The summed E-state index contributed by atoms with van der Waals surface area (Å²) in [6.45, 7) is 7.42. The number of hydrogen-bond acceptors (Lipinski definition) is 6. The molecule has 0 radical (unpaired) electrons. The molecule has 1 aromatic heterocycles. The van der Waals surface area contributed by atoms with E-state index in [0.29, 0.717) is 17.3 Å². The summed E-state index contributed by atoms with van der Waals surface area (Å²) in [7, 11) is 0. The highest BCUT2D eigenvalue weighted by atomic mass is 16.5. The highest BCUT2D eigenvalue weighted by Crippen LogP contribution is 2.28. The fraction of sp³-hybridized carbons (Fsp3) is 0.227. The van der Waals surface area contributed by atoms with E-state index in [2.05, 4.69) is 20.6 Å². The van der Waals surface area contributed by atoms with E-state index in [1.165, 1.54) is 0 Å². The molecule has 6 nitrogen and oxygen atoms in total. The van der Waals surface area contributed by atoms with Gasteiger partial charge in [0.1, 0.15) is 11.6 Å². The van der Waals surface area contributed by atoms with E-state index in [4.69, 9.17) is 4.74 Å². The van der Waals surface area contributed by atoms with Gasteiger partial charge in [0, 0.05) is 23.0 Å². The first-order valence-electron chi connectivity index (χ1n) is 9.17. The van der Waals surface area contributed by atoms with Gasteiger partial charge in [-0.25, -0.2) is 4.98 Å². The summed E-state index contributed by atoms with van der Waals surface area (Å²) in [4.78, 5) is 20.6. The lowest BCUT2D eigenvalue weighted by molar-refractivity contribution is 0.101. The van der Waals surface area contributed by atoms with Crippen LogP contribution in [-0.4, -0.2) is 21.9 Å². The maximum Gasteiger partial charge on any atom is 0.229 e. The van der Waals surface area contributed by atoms with Crippen LogP contribution in [0.4, 0.5) is 23.1 Å². The first-order chi connectivity index (χ1) is 13.4. The molecule has 0 atom stereocenters. The molecule has 0 aliphatic rings. The molecule has 0 unspecified atom stereocenters. The Kier molecular flexibility index (Phi) is 5.89. The Morgan fingerprint density at radius 2 is 1.79 bits per heavy atom. The number of carbonyl (C=O) groups excluding carboxylic acids is 1. The Hall–Kier alpha value is -3.41. The number of ketones is 1. The van der Waals surface area contributed by atoms with Crippen molar-refractivity contribution in [1.82, 2.24) is 9.97 Å². The smallest absolute Gasteiger partial charge is 0.229 e. The van der Waals surface area contributed by atoms with Gasteiger partial charge in [-0.05, 0) is 52.0 Å². The van der Waals surface area contributed by atoms with Crippen LogP contribution < -0.4 is 15.4 Å². The number of para-hydroxylation sites is 2. The molecule has 0 saturated heterocycles. The number of nitrogens with one attached hydrogen (secondary N) is 2. The number of nitrogens with zero attached hydrogens (tertiary/aromatic N) is 2. The van der Waals surface area contributed by atoms with Crippen LogP contribution in [0.5, 0.6) is 5.75 Å². The zero-order valence-corrected chi connectivity index (χ0v) is 16.5. The number of benzene rings is 2. The molecule has 0 saturated carbocycles. The molecule has 0 amide bonds. The van der Waals surface area contributed by atoms with E-state index < -0.39 is 0 Å². The van der Waals surface area contributed by atoms with E-state index in [-0.39, 0.29) is 11.9 Å². The molecule has 6 heteroatoms. The van der Waals surface area contributed by atoms with Crippen molar-refractivity contribution in [1.29, 1.82) is 0 Å². The Balaban J connectivity index is 1.85. The number of carbonyl (C=O) groups is 1. The van der Waals surface area contributed by atoms with Gasteiger partial charge in [-0.2, -0.15) is 4.98 Å². The van der Waals surface area contributed by atoms with Crippen LogP contribution in [0.3, 0.4) is 0 Å². The molecule has 0 aliphatic carbocycles. The second-order valence-corrected chi connectivity index (χ2v) is 6.77. The second-order valence-electron chi connectivity index (χ2n) is 6.77. The number of ether oxygens (including phenoxy) is 1. The Morgan fingerprint density at radius 1 is 1.00 bits per heavy atom. The molecular weight excluding hydrogens is 352 g/mol. The average molecular weight is 376 g/mol. The van der Waals surface area contributed by atoms with Crippen molar-refractivity contribution in [2.24, 2.45) is 0 Å². The number of aromatic nitrogens is 2. The van der Waals surface area contributed by atoms with Gasteiger partial charge in [0.2, 0.25) is 5.95 Å². The maximum absolute atomic E-state index is 11.6. The van der Waals surface area contributed by atoms with Crippen LogP contribution in [0.25, 0.3) is 0 Å². The fourth-order valence-electron chi connectivity index (χ4n) is 2.70. The molecular formula is C22H24N4O2. The molecule has 0 spiro atoms. The van der Waals surface area contributed by atoms with Crippen LogP contribution in [0.2, 0.25) is 0 Å². The molecule has 2 aromatic carbocycles. The summed E-state index contributed by atoms with van der Waals surface area (Å²) in [5.41, 5.74) is 3.03. The quantitative estimate of drug-likeness (QED) is 0.548. The highest BCUT2D eigenvalue weighted by molar-refractivity contribution is 5.95. The molecule has 1 heterocycles. The number of rotatable bonds is 7. The predicted octanol–water partition coefficient (Wildman–Crippen LogP) is 5.26. The largest absolute Gasteiger partial charge is 0.489 e. The van der Waals surface area contributed by atoms with Crippen molar-refractivity contribution in [2.45, 2.75) is 33.8 Å². The monoisotopic (exact) mass is 376 g/mol. The number of hydrogen-bond donors (Lipinski definition) is 2. The highest BCUT2D eigenvalue weighted by Gasteiger charge is 2.09. The van der Waals surface area contributed by atoms with E-state index in [1.54, 1.807) is 19.1 Å².